The third-order valence-corrected chi connectivity index (χ3v) is 6.15. The Kier molecular flexibility index (Phi) is 5.88. The number of hydrogen-bond acceptors (Lipinski definition) is 8. The molecule has 5 rings (SSSR count). The molecule has 3 N–H and O–H groups in total. The van der Waals surface area contributed by atoms with Gasteiger partial charge in [-0.05, 0) is 18.9 Å². The van der Waals surface area contributed by atoms with Gasteiger partial charge in [-0.2, -0.15) is 0 Å². The van der Waals surface area contributed by atoms with Crippen molar-refractivity contribution in [3.63, 3.8) is 0 Å². The Labute approximate surface area is 189 Å². The molecule has 0 radical (unpaired) electrons. The summed E-state index contributed by atoms with van der Waals surface area (Å²) in [4.78, 5) is 22.5. The number of amides is 1. The van der Waals surface area contributed by atoms with Gasteiger partial charge in [-0.15, -0.1) is 0 Å². The number of carbonyl (C=O) groups is 1. The molecule has 1 aromatic rings. The highest BCUT2D eigenvalue weighted by molar-refractivity contribution is 6.31. The first-order chi connectivity index (χ1) is 15.6. The third kappa shape index (κ3) is 4.37. The second-order valence-electron chi connectivity index (χ2n) is 8.23. The molecule has 0 aliphatic carbocycles. The Morgan fingerprint density at radius 2 is 2.25 bits per heavy atom. The van der Waals surface area contributed by atoms with Crippen LogP contribution in [0.25, 0.3) is 5.57 Å². The van der Waals surface area contributed by atoms with Crippen LogP contribution in [0.5, 0.6) is 0 Å². The van der Waals surface area contributed by atoms with Crippen molar-refractivity contribution in [1.29, 1.82) is 0 Å². The molecule has 9 nitrogen and oxygen atoms in total. The van der Waals surface area contributed by atoms with Crippen LogP contribution in [-0.4, -0.2) is 66.1 Å². The number of ether oxygens (including phenoxy) is 2. The number of fused-ring (bicyclic) bond motifs is 1. The molecular weight excluding hydrogens is 439 g/mol. The Bertz CT molecular complexity index is 994. The van der Waals surface area contributed by atoms with Crippen molar-refractivity contribution in [2.24, 2.45) is 5.92 Å². The number of halogens is 2. The van der Waals surface area contributed by atoms with E-state index < -0.39 is 5.82 Å². The van der Waals surface area contributed by atoms with Crippen LogP contribution >= 0.6 is 11.6 Å². The van der Waals surface area contributed by atoms with Crippen LogP contribution in [0.3, 0.4) is 0 Å². The predicted molar refractivity (Wildman–Crippen MR) is 116 cm³/mol. The normalized spacial score (nSPS) is 26.5. The molecule has 0 saturated carbocycles. The number of likely N-dealkylation sites (tertiary alicyclic amines) is 1. The van der Waals surface area contributed by atoms with Crippen molar-refractivity contribution in [2.75, 3.05) is 38.2 Å². The summed E-state index contributed by atoms with van der Waals surface area (Å²) in [6.07, 6.45) is 7.58. The average Bonchev–Trinajstić information content (AvgIpc) is 3.54. The maximum Gasteiger partial charge on any atom is 0.409 e. The maximum absolute atomic E-state index is 14.5. The van der Waals surface area contributed by atoms with Gasteiger partial charge in [0, 0.05) is 55.2 Å². The second kappa shape index (κ2) is 8.95. The van der Waals surface area contributed by atoms with Gasteiger partial charge < -0.3 is 30.3 Å². The molecule has 0 aromatic carbocycles. The van der Waals surface area contributed by atoms with Crippen molar-refractivity contribution in [3.8, 4) is 0 Å². The van der Waals surface area contributed by atoms with Gasteiger partial charge in [0.2, 0.25) is 0 Å². The average molecular weight is 463 g/mol. The highest BCUT2D eigenvalue weighted by Crippen LogP contribution is 2.31. The number of anilines is 1. The minimum absolute atomic E-state index is 0.105. The third-order valence-electron chi connectivity index (χ3n) is 5.94. The lowest BCUT2D eigenvalue weighted by atomic mass is 10.0. The molecule has 2 fully saturated rings. The molecule has 0 bridgehead atoms. The van der Waals surface area contributed by atoms with E-state index in [4.69, 9.17) is 21.1 Å². The van der Waals surface area contributed by atoms with Crippen LogP contribution < -0.4 is 16.0 Å². The highest BCUT2D eigenvalue weighted by atomic mass is 35.5. The molecule has 3 atom stereocenters. The zero-order valence-electron chi connectivity index (χ0n) is 17.3. The van der Waals surface area contributed by atoms with Gasteiger partial charge >= 0.3 is 6.09 Å². The van der Waals surface area contributed by atoms with E-state index in [0.717, 1.165) is 30.4 Å². The molecule has 11 heteroatoms. The standard InChI is InChI=1S/C21H24ClFN6O3/c22-13-5-15-16(7-25-18(15)24-6-13)19-26-8-17(23)20(28-19)27-14-1-3-29(9-14)21(30)32-11-12-2-4-31-10-12/h5-8,12,14,18,24-25H,1-4,9-11H2,(H,26,27,28)/t12?,14-,18?/m1/s1. The summed E-state index contributed by atoms with van der Waals surface area (Å²) >= 11 is 6.11. The second-order valence-corrected chi connectivity index (χ2v) is 8.66. The number of rotatable bonds is 5. The first kappa shape index (κ1) is 21.0. The minimum Gasteiger partial charge on any atom is -0.449 e. The number of carbonyl (C=O) groups excluding carboxylic acids is 1. The van der Waals surface area contributed by atoms with Crippen molar-refractivity contribution in [3.05, 3.63) is 46.9 Å². The molecule has 2 unspecified atom stereocenters. The first-order valence-electron chi connectivity index (χ1n) is 10.7. The summed E-state index contributed by atoms with van der Waals surface area (Å²) in [5.74, 6) is 0.209. The van der Waals surface area contributed by atoms with E-state index in [-0.39, 0.29) is 30.0 Å². The van der Waals surface area contributed by atoms with Crippen LogP contribution in [0.1, 0.15) is 18.7 Å². The molecular formula is C21H24ClFN6O3. The number of nitrogens with zero attached hydrogens (tertiary/aromatic N) is 3. The molecule has 2 saturated heterocycles. The van der Waals surface area contributed by atoms with E-state index in [1.165, 1.54) is 0 Å². The largest absolute Gasteiger partial charge is 0.449 e. The van der Waals surface area contributed by atoms with Gasteiger partial charge in [-0.1, -0.05) is 11.6 Å². The smallest absolute Gasteiger partial charge is 0.409 e. The molecule has 170 valence electrons. The number of allylic oxidation sites excluding steroid dienone is 2. The van der Waals surface area contributed by atoms with Crippen LogP contribution in [0.2, 0.25) is 0 Å². The lowest BCUT2D eigenvalue weighted by molar-refractivity contribution is 0.0893. The van der Waals surface area contributed by atoms with E-state index in [0.29, 0.717) is 43.6 Å². The fraction of sp³-hybridized carbons (Fsp3) is 0.476. The maximum atomic E-state index is 14.5. The van der Waals surface area contributed by atoms with Gasteiger partial charge in [-0.3, -0.25) is 0 Å². The number of hydrogen-bond donors (Lipinski definition) is 3. The Morgan fingerprint density at radius 1 is 1.38 bits per heavy atom. The Hall–Kier alpha value is -2.85. The first-order valence-corrected chi connectivity index (χ1v) is 11.0. The number of dihydropyridines is 1. The topological polar surface area (TPSA) is 101 Å². The van der Waals surface area contributed by atoms with E-state index in [1.54, 1.807) is 17.3 Å². The van der Waals surface area contributed by atoms with Gasteiger partial charge in [0.05, 0.1) is 24.4 Å². The molecule has 4 aliphatic rings. The summed E-state index contributed by atoms with van der Waals surface area (Å²) in [5, 5.41) is 9.99. The fourth-order valence-corrected chi connectivity index (χ4v) is 4.35. The monoisotopic (exact) mass is 462 g/mol. The molecule has 4 aliphatic heterocycles. The lowest BCUT2D eigenvalue weighted by Crippen LogP contribution is -2.36. The summed E-state index contributed by atoms with van der Waals surface area (Å²) in [6, 6.07) is -0.133. The Balaban J connectivity index is 1.21. The van der Waals surface area contributed by atoms with Crippen LogP contribution in [0, 0.1) is 11.7 Å². The van der Waals surface area contributed by atoms with Crippen molar-refractivity contribution >= 4 is 29.1 Å². The van der Waals surface area contributed by atoms with Gasteiger partial charge in [0.1, 0.15) is 6.17 Å². The van der Waals surface area contributed by atoms with Crippen LogP contribution in [0.15, 0.2) is 35.3 Å². The van der Waals surface area contributed by atoms with Gasteiger partial charge in [0.15, 0.2) is 17.5 Å². The SMILES string of the molecule is O=C(OCC1CCOC1)N1CC[C@@H](Nc2nc(C3=CNC4NC=C(Cl)C=C34)ncc2F)C1. The van der Waals surface area contributed by atoms with Gasteiger partial charge in [0.25, 0.3) is 0 Å². The fourth-order valence-electron chi connectivity index (χ4n) is 4.17. The number of nitrogens with one attached hydrogen (secondary N) is 3. The van der Waals surface area contributed by atoms with E-state index in [2.05, 4.69) is 25.9 Å². The highest BCUT2D eigenvalue weighted by Gasteiger charge is 2.31. The zero-order valence-corrected chi connectivity index (χ0v) is 18.1. The zero-order chi connectivity index (χ0) is 22.1. The van der Waals surface area contributed by atoms with Crippen molar-refractivity contribution in [1.82, 2.24) is 25.5 Å². The molecule has 5 heterocycles. The van der Waals surface area contributed by atoms with Crippen molar-refractivity contribution < 1.29 is 18.7 Å². The molecule has 1 amide bonds. The van der Waals surface area contributed by atoms with E-state index >= 15 is 0 Å². The Morgan fingerprint density at radius 3 is 3.09 bits per heavy atom. The van der Waals surface area contributed by atoms with Crippen LogP contribution in [-0.2, 0) is 9.47 Å². The van der Waals surface area contributed by atoms with E-state index in [9.17, 15) is 9.18 Å². The van der Waals surface area contributed by atoms with Crippen molar-refractivity contribution in [2.45, 2.75) is 25.0 Å². The summed E-state index contributed by atoms with van der Waals surface area (Å²) in [6.45, 7) is 2.67. The summed E-state index contributed by atoms with van der Waals surface area (Å²) in [7, 11) is 0. The number of aromatic nitrogens is 2. The predicted octanol–water partition coefficient (Wildman–Crippen LogP) is 2.16. The molecule has 0 spiro atoms. The molecule has 32 heavy (non-hydrogen) atoms. The van der Waals surface area contributed by atoms with Crippen LogP contribution in [0.4, 0.5) is 15.0 Å². The minimum atomic E-state index is -0.548. The summed E-state index contributed by atoms with van der Waals surface area (Å²) in [5.41, 5.74) is 1.63. The quantitative estimate of drug-likeness (QED) is 0.612. The van der Waals surface area contributed by atoms with Gasteiger partial charge in [-0.25, -0.2) is 19.2 Å². The summed E-state index contributed by atoms with van der Waals surface area (Å²) < 4.78 is 25.2. The molecule has 1 aromatic heterocycles. The lowest BCUT2D eigenvalue weighted by Gasteiger charge is -2.20. The van der Waals surface area contributed by atoms with E-state index in [1.807, 2.05) is 6.08 Å².